The van der Waals surface area contributed by atoms with E-state index in [2.05, 4.69) is 4.98 Å². The summed E-state index contributed by atoms with van der Waals surface area (Å²) in [5.41, 5.74) is 2.47. The predicted octanol–water partition coefficient (Wildman–Crippen LogP) is 4.50. The number of ketones is 1. The topological polar surface area (TPSA) is 100.0 Å². The number of aliphatic hydroxyl groups excluding tert-OH is 1. The second-order valence-electron chi connectivity index (χ2n) is 8.52. The van der Waals surface area contributed by atoms with Crippen molar-refractivity contribution >= 4 is 17.4 Å². The number of hydrogen-bond donors (Lipinski definition) is 2. The van der Waals surface area contributed by atoms with Crippen LogP contribution in [0.1, 0.15) is 42.1 Å². The molecule has 1 atom stereocenters. The lowest BCUT2D eigenvalue weighted by atomic mass is 9.94. The van der Waals surface area contributed by atoms with Gasteiger partial charge in [-0.05, 0) is 79.9 Å². The van der Waals surface area contributed by atoms with Gasteiger partial charge in [-0.25, -0.2) is 0 Å². The van der Waals surface area contributed by atoms with Gasteiger partial charge in [0.15, 0.2) is 0 Å². The lowest BCUT2D eigenvalue weighted by Crippen LogP contribution is -2.29. The Balaban J connectivity index is 1.83. The van der Waals surface area contributed by atoms with Crippen molar-refractivity contribution in [2.24, 2.45) is 0 Å². The summed E-state index contributed by atoms with van der Waals surface area (Å²) in [6.07, 6.45) is 3.21. The minimum absolute atomic E-state index is 0.00182. The third kappa shape index (κ3) is 4.50. The molecule has 7 nitrogen and oxygen atoms in total. The van der Waals surface area contributed by atoms with Crippen molar-refractivity contribution < 1.29 is 24.5 Å². The number of phenols is 1. The lowest BCUT2D eigenvalue weighted by Gasteiger charge is -2.25. The molecule has 0 radical (unpaired) electrons. The molecule has 3 aromatic rings. The third-order valence-electron chi connectivity index (χ3n) is 5.64. The minimum Gasteiger partial charge on any atom is -0.508 e. The van der Waals surface area contributed by atoms with Gasteiger partial charge in [0.2, 0.25) is 0 Å². The van der Waals surface area contributed by atoms with Crippen LogP contribution < -0.4 is 4.74 Å². The molecule has 1 fully saturated rings. The molecule has 1 aliphatic heterocycles. The van der Waals surface area contributed by atoms with Crippen molar-refractivity contribution in [3.63, 3.8) is 0 Å². The number of aromatic hydroxyl groups is 1. The van der Waals surface area contributed by atoms with Crippen LogP contribution in [-0.2, 0) is 16.1 Å². The van der Waals surface area contributed by atoms with E-state index in [9.17, 15) is 19.8 Å². The van der Waals surface area contributed by atoms with Gasteiger partial charge in [0.25, 0.3) is 11.7 Å². The molecule has 1 aromatic heterocycles. The number of nitrogens with zero attached hydrogens (tertiary/aromatic N) is 2. The van der Waals surface area contributed by atoms with Crippen LogP contribution in [0.25, 0.3) is 5.76 Å². The number of hydrogen-bond acceptors (Lipinski definition) is 6. The summed E-state index contributed by atoms with van der Waals surface area (Å²) in [5, 5.41) is 21.3. The van der Waals surface area contributed by atoms with Gasteiger partial charge in [-0.15, -0.1) is 0 Å². The molecule has 2 heterocycles. The van der Waals surface area contributed by atoms with E-state index < -0.39 is 17.7 Å². The van der Waals surface area contributed by atoms with Crippen molar-refractivity contribution in [2.75, 3.05) is 0 Å². The number of likely N-dealkylation sites (tertiary alicyclic amines) is 1. The van der Waals surface area contributed by atoms with Crippen molar-refractivity contribution in [3.05, 3.63) is 94.8 Å². The first-order chi connectivity index (χ1) is 16.3. The fourth-order valence-corrected chi connectivity index (χ4v) is 4.11. The Morgan fingerprint density at radius 1 is 1.09 bits per heavy atom. The van der Waals surface area contributed by atoms with Gasteiger partial charge in [-0.3, -0.25) is 14.6 Å². The van der Waals surface area contributed by atoms with Gasteiger partial charge in [-0.2, -0.15) is 0 Å². The van der Waals surface area contributed by atoms with E-state index in [1.54, 1.807) is 54.9 Å². The second-order valence-corrected chi connectivity index (χ2v) is 8.52. The molecule has 1 saturated heterocycles. The predicted molar refractivity (Wildman–Crippen MR) is 127 cm³/mol. The Morgan fingerprint density at radius 2 is 1.82 bits per heavy atom. The summed E-state index contributed by atoms with van der Waals surface area (Å²) < 4.78 is 5.77. The Bertz CT molecular complexity index is 1270. The van der Waals surface area contributed by atoms with Crippen LogP contribution in [0.5, 0.6) is 11.5 Å². The maximum Gasteiger partial charge on any atom is 0.295 e. The van der Waals surface area contributed by atoms with Crippen LogP contribution in [0.4, 0.5) is 0 Å². The number of phenolic OH excluding ortho intramolecular Hbond substituents is 1. The monoisotopic (exact) mass is 458 g/mol. The number of amides is 1. The minimum atomic E-state index is -0.868. The number of Topliss-reactive ketones (excluding diaryl/α,β-unsaturated/α-hetero) is 1. The van der Waals surface area contributed by atoms with Crippen molar-refractivity contribution in [2.45, 2.75) is 39.5 Å². The van der Waals surface area contributed by atoms with Crippen LogP contribution in [0.2, 0.25) is 0 Å². The highest BCUT2D eigenvalue weighted by atomic mass is 16.5. The highest BCUT2D eigenvalue weighted by Gasteiger charge is 2.46. The molecule has 7 heteroatoms. The number of ether oxygens (including phenoxy) is 1. The first kappa shape index (κ1) is 23.0. The summed E-state index contributed by atoms with van der Waals surface area (Å²) in [5.74, 6) is -1.10. The van der Waals surface area contributed by atoms with Gasteiger partial charge in [0, 0.05) is 24.5 Å². The van der Waals surface area contributed by atoms with E-state index in [1.165, 1.54) is 17.0 Å². The summed E-state index contributed by atoms with van der Waals surface area (Å²) in [4.78, 5) is 31.7. The third-order valence-corrected chi connectivity index (χ3v) is 5.64. The van der Waals surface area contributed by atoms with E-state index in [-0.39, 0.29) is 29.7 Å². The van der Waals surface area contributed by atoms with Crippen molar-refractivity contribution in [3.8, 4) is 11.5 Å². The molecular formula is C27H26N2O5. The highest BCUT2D eigenvalue weighted by Crippen LogP contribution is 2.41. The summed E-state index contributed by atoms with van der Waals surface area (Å²) in [6, 6.07) is 14.1. The molecule has 2 aromatic carbocycles. The number of aliphatic hydroxyl groups is 1. The van der Waals surface area contributed by atoms with Gasteiger partial charge in [-0.1, -0.05) is 12.1 Å². The Morgan fingerprint density at radius 3 is 2.47 bits per heavy atom. The van der Waals surface area contributed by atoms with Gasteiger partial charge in [0.1, 0.15) is 17.3 Å². The van der Waals surface area contributed by atoms with Crippen molar-refractivity contribution in [1.29, 1.82) is 0 Å². The number of carbonyl (C=O) groups excluding carboxylic acids is 2. The number of aryl methyl sites for hydroxylation is 1. The molecule has 1 amide bonds. The molecule has 0 saturated carbocycles. The molecule has 2 N–H and O–H groups in total. The molecule has 0 aliphatic carbocycles. The maximum atomic E-state index is 13.2. The zero-order valence-corrected chi connectivity index (χ0v) is 19.2. The molecule has 0 bridgehead atoms. The van der Waals surface area contributed by atoms with Gasteiger partial charge >= 0.3 is 0 Å². The molecule has 0 spiro atoms. The fourth-order valence-electron chi connectivity index (χ4n) is 4.11. The van der Waals surface area contributed by atoms with Crippen LogP contribution >= 0.6 is 0 Å². The smallest absolute Gasteiger partial charge is 0.295 e. The van der Waals surface area contributed by atoms with Crippen LogP contribution in [-0.4, -0.2) is 37.9 Å². The number of pyridine rings is 1. The standard InChI is InChI=1S/C27H26N2O5/c1-16(2)34-22-8-7-20(13-17(22)3)25(31)23-24(19-5-4-6-21(30)14-19)29(27(33)26(23)32)15-18-9-11-28-12-10-18/h4-14,16,24,30-31H,15H2,1-3H3/b25-23-. The molecule has 174 valence electrons. The van der Waals surface area contributed by atoms with Crippen LogP contribution in [0.15, 0.2) is 72.6 Å². The van der Waals surface area contributed by atoms with Crippen molar-refractivity contribution in [1.82, 2.24) is 9.88 Å². The largest absolute Gasteiger partial charge is 0.508 e. The number of carbonyl (C=O) groups is 2. The van der Waals surface area contributed by atoms with Gasteiger partial charge < -0.3 is 19.8 Å². The van der Waals surface area contributed by atoms with E-state index in [1.807, 2.05) is 20.8 Å². The lowest BCUT2D eigenvalue weighted by molar-refractivity contribution is -0.140. The van der Waals surface area contributed by atoms with E-state index in [0.29, 0.717) is 16.9 Å². The number of benzene rings is 2. The highest BCUT2D eigenvalue weighted by molar-refractivity contribution is 6.46. The Hall–Kier alpha value is -4.13. The van der Waals surface area contributed by atoms with Crippen LogP contribution in [0, 0.1) is 6.92 Å². The summed E-state index contributed by atoms with van der Waals surface area (Å²) >= 11 is 0. The molecule has 1 aliphatic rings. The van der Waals surface area contributed by atoms with E-state index >= 15 is 0 Å². The second kappa shape index (κ2) is 9.39. The zero-order valence-electron chi connectivity index (χ0n) is 19.2. The average molecular weight is 459 g/mol. The average Bonchev–Trinajstić information content (AvgIpc) is 3.05. The van der Waals surface area contributed by atoms with E-state index in [4.69, 9.17) is 4.74 Å². The Labute approximate surface area is 198 Å². The first-order valence-corrected chi connectivity index (χ1v) is 11.0. The first-order valence-electron chi connectivity index (χ1n) is 11.0. The fraction of sp³-hybridized carbons (Fsp3) is 0.222. The Kier molecular flexibility index (Phi) is 6.36. The molecule has 4 rings (SSSR count). The normalized spacial score (nSPS) is 17.4. The molecular weight excluding hydrogens is 432 g/mol. The van der Waals surface area contributed by atoms with Gasteiger partial charge in [0.05, 0.1) is 17.7 Å². The van der Waals surface area contributed by atoms with E-state index in [0.717, 1.165) is 11.1 Å². The molecule has 34 heavy (non-hydrogen) atoms. The van der Waals surface area contributed by atoms with Crippen LogP contribution in [0.3, 0.4) is 0 Å². The maximum absolute atomic E-state index is 13.2. The summed E-state index contributed by atoms with van der Waals surface area (Å²) in [6.45, 7) is 5.84. The SMILES string of the molecule is Cc1cc(/C(O)=C2/C(=O)C(=O)N(Cc3ccncc3)C2c2cccc(O)c2)ccc1OC(C)C. The molecule has 1 unspecified atom stereocenters. The quantitative estimate of drug-likeness (QED) is 0.320. The number of rotatable bonds is 6. The zero-order chi connectivity index (χ0) is 24.4. The number of aromatic nitrogens is 1. The summed E-state index contributed by atoms with van der Waals surface area (Å²) in [7, 11) is 0.